The van der Waals surface area contributed by atoms with Gasteiger partial charge in [0.15, 0.2) is 0 Å². The van der Waals surface area contributed by atoms with Crippen LogP contribution in [0.1, 0.15) is 29.6 Å². The molecule has 23 heavy (non-hydrogen) atoms. The number of carbonyl (C=O) groups excluding carboxylic acids is 1. The third kappa shape index (κ3) is 4.69. The Hall–Kier alpha value is -0.620. The second-order valence-corrected chi connectivity index (χ2v) is 7.73. The van der Waals surface area contributed by atoms with Gasteiger partial charge in [0.2, 0.25) is 0 Å². The Kier molecular flexibility index (Phi) is 5.96. The van der Waals surface area contributed by atoms with Gasteiger partial charge in [-0.1, -0.05) is 27.5 Å². The van der Waals surface area contributed by atoms with E-state index in [0.717, 1.165) is 50.2 Å². The number of hydrogen-bond donors (Lipinski definition) is 1. The molecular formula is C17H22BrClN2O2. The van der Waals surface area contributed by atoms with Crippen molar-refractivity contribution in [3.05, 3.63) is 33.3 Å². The van der Waals surface area contributed by atoms with Crippen LogP contribution in [0.3, 0.4) is 0 Å². The average molecular weight is 402 g/mol. The Morgan fingerprint density at radius 2 is 2.13 bits per heavy atom. The van der Waals surface area contributed by atoms with Gasteiger partial charge in [-0.05, 0) is 43.4 Å². The molecule has 2 heterocycles. The summed E-state index contributed by atoms with van der Waals surface area (Å²) in [5.74, 6) is 0.598. The molecule has 0 aromatic heterocycles. The van der Waals surface area contributed by atoms with Crippen molar-refractivity contribution in [3.63, 3.8) is 0 Å². The molecule has 1 aromatic rings. The van der Waals surface area contributed by atoms with Crippen molar-refractivity contribution in [2.45, 2.75) is 25.3 Å². The number of halogens is 2. The lowest BCUT2D eigenvalue weighted by molar-refractivity contribution is 0.0903. The smallest absolute Gasteiger partial charge is 0.253 e. The molecule has 4 nitrogen and oxygen atoms in total. The summed E-state index contributed by atoms with van der Waals surface area (Å²) in [5, 5.41) is 3.61. The Balaban J connectivity index is 1.48. The van der Waals surface area contributed by atoms with Crippen LogP contribution in [0.25, 0.3) is 0 Å². The van der Waals surface area contributed by atoms with Gasteiger partial charge < -0.3 is 15.0 Å². The first-order chi connectivity index (χ1) is 11.1. The largest absolute Gasteiger partial charge is 0.381 e. The van der Waals surface area contributed by atoms with Gasteiger partial charge in [0, 0.05) is 36.8 Å². The number of ether oxygens (including phenoxy) is 1. The van der Waals surface area contributed by atoms with Crippen LogP contribution in [-0.2, 0) is 4.74 Å². The molecule has 126 valence electrons. The normalized spacial score (nSPS) is 23.1. The standard InChI is InChI=1S/C17H22BrClN2O2/c18-13-1-2-16(19)15(9-13)17(22)20-14-3-6-21(7-4-14)10-12-5-8-23-11-12/h1-2,9,12,14H,3-8,10-11H2,(H,20,22). The van der Waals surface area contributed by atoms with E-state index >= 15 is 0 Å². The summed E-state index contributed by atoms with van der Waals surface area (Å²) in [5.41, 5.74) is 0.534. The maximum atomic E-state index is 12.4. The molecule has 0 aliphatic carbocycles. The number of hydrogen-bond acceptors (Lipinski definition) is 3. The first-order valence-electron chi connectivity index (χ1n) is 8.18. The zero-order valence-corrected chi connectivity index (χ0v) is 15.4. The molecule has 0 spiro atoms. The summed E-state index contributed by atoms with van der Waals surface area (Å²) < 4.78 is 6.30. The van der Waals surface area contributed by atoms with Crippen LogP contribution in [0.15, 0.2) is 22.7 Å². The molecule has 2 fully saturated rings. The van der Waals surface area contributed by atoms with Gasteiger partial charge in [0.1, 0.15) is 0 Å². The minimum Gasteiger partial charge on any atom is -0.381 e. The highest BCUT2D eigenvalue weighted by molar-refractivity contribution is 9.10. The number of likely N-dealkylation sites (tertiary alicyclic amines) is 1. The maximum absolute atomic E-state index is 12.4. The highest BCUT2D eigenvalue weighted by Crippen LogP contribution is 2.22. The van der Waals surface area contributed by atoms with Gasteiger partial charge in [-0.3, -0.25) is 4.79 Å². The summed E-state index contributed by atoms with van der Waals surface area (Å²) in [6.07, 6.45) is 3.16. The number of carbonyl (C=O) groups is 1. The van der Waals surface area contributed by atoms with E-state index in [1.165, 1.54) is 6.42 Å². The van der Waals surface area contributed by atoms with Crippen molar-refractivity contribution in [1.29, 1.82) is 0 Å². The molecule has 2 saturated heterocycles. The summed E-state index contributed by atoms with van der Waals surface area (Å²) in [6.45, 7) is 5.00. The van der Waals surface area contributed by atoms with Gasteiger partial charge in [-0.2, -0.15) is 0 Å². The van der Waals surface area contributed by atoms with Crippen molar-refractivity contribution < 1.29 is 9.53 Å². The SMILES string of the molecule is O=C(NC1CCN(CC2CCOC2)CC1)c1cc(Br)ccc1Cl. The van der Waals surface area contributed by atoms with E-state index < -0.39 is 0 Å². The molecular weight excluding hydrogens is 380 g/mol. The highest BCUT2D eigenvalue weighted by atomic mass is 79.9. The first-order valence-corrected chi connectivity index (χ1v) is 9.35. The molecule has 3 rings (SSSR count). The van der Waals surface area contributed by atoms with Crippen molar-refractivity contribution in [2.24, 2.45) is 5.92 Å². The molecule has 1 unspecified atom stereocenters. The molecule has 0 radical (unpaired) electrons. The van der Waals surface area contributed by atoms with Crippen LogP contribution >= 0.6 is 27.5 Å². The van der Waals surface area contributed by atoms with E-state index in [4.69, 9.17) is 16.3 Å². The number of piperidine rings is 1. The molecule has 1 amide bonds. The molecule has 1 aromatic carbocycles. The molecule has 0 bridgehead atoms. The van der Waals surface area contributed by atoms with Crippen molar-refractivity contribution in [1.82, 2.24) is 10.2 Å². The Morgan fingerprint density at radius 3 is 2.83 bits per heavy atom. The summed E-state index contributed by atoms with van der Waals surface area (Å²) in [7, 11) is 0. The van der Waals surface area contributed by atoms with E-state index in [1.54, 1.807) is 12.1 Å². The van der Waals surface area contributed by atoms with Crippen LogP contribution in [0, 0.1) is 5.92 Å². The van der Waals surface area contributed by atoms with E-state index in [0.29, 0.717) is 16.5 Å². The van der Waals surface area contributed by atoms with Gasteiger partial charge in [0.05, 0.1) is 17.2 Å². The van der Waals surface area contributed by atoms with Crippen LogP contribution in [0.2, 0.25) is 5.02 Å². The third-order valence-electron chi connectivity index (χ3n) is 4.64. The maximum Gasteiger partial charge on any atom is 0.253 e. The first kappa shape index (κ1) is 17.2. The van der Waals surface area contributed by atoms with Gasteiger partial charge >= 0.3 is 0 Å². The minimum atomic E-state index is -0.0843. The van der Waals surface area contributed by atoms with Crippen LogP contribution in [0.5, 0.6) is 0 Å². The summed E-state index contributed by atoms with van der Waals surface area (Å²) >= 11 is 9.51. The van der Waals surface area contributed by atoms with Crippen LogP contribution < -0.4 is 5.32 Å². The summed E-state index contributed by atoms with van der Waals surface area (Å²) in [4.78, 5) is 14.9. The Morgan fingerprint density at radius 1 is 1.35 bits per heavy atom. The lowest BCUT2D eigenvalue weighted by Gasteiger charge is -2.33. The predicted molar refractivity (Wildman–Crippen MR) is 95.0 cm³/mol. The monoisotopic (exact) mass is 400 g/mol. The topological polar surface area (TPSA) is 41.6 Å². The predicted octanol–water partition coefficient (Wildman–Crippen LogP) is 3.33. The minimum absolute atomic E-state index is 0.0843. The highest BCUT2D eigenvalue weighted by Gasteiger charge is 2.25. The fourth-order valence-electron chi connectivity index (χ4n) is 3.29. The summed E-state index contributed by atoms with van der Waals surface area (Å²) in [6, 6.07) is 5.58. The number of nitrogens with zero attached hydrogens (tertiary/aromatic N) is 1. The Labute approximate surface area is 150 Å². The van der Waals surface area contributed by atoms with E-state index in [2.05, 4.69) is 26.1 Å². The van der Waals surface area contributed by atoms with Crippen molar-refractivity contribution in [3.8, 4) is 0 Å². The fourth-order valence-corrected chi connectivity index (χ4v) is 3.85. The lowest BCUT2D eigenvalue weighted by atomic mass is 10.0. The molecule has 2 aliphatic rings. The van der Waals surface area contributed by atoms with E-state index in [-0.39, 0.29) is 11.9 Å². The van der Waals surface area contributed by atoms with E-state index in [1.807, 2.05) is 6.07 Å². The third-order valence-corrected chi connectivity index (χ3v) is 5.46. The zero-order chi connectivity index (χ0) is 16.2. The zero-order valence-electron chi connectivity index (χ0n) is 13.1. The molecule has 1 atom stereocenters. The quantitative estimate of drug-likeness (QED) is 0.841. The van der Waals surface area contributed by atoms with Crippen LogP contribution in [-0.4, -0.2) is 49.7 Å². The van der Waals surface area contributed by atoms with Crippen molar-refractivity contribution >= 4 is 33.4 Å². The fraction of sp³-hybridized carbons (Fsp3) is 0.588. The van der Waals surface area contributed by atoms with Gasteiger partial charge in [0.25, 0.3) is 5.91 Å². The molecule has 6 heteroatoms. The van der Waals surface area contributed by atoms with Gasteiger partial charge in [-0.15, -0.1) is 0 Å². The second-order valence-electron chi connectivity index (χ2n) is 6.40. The lowest BCUT2D eigenvalue weighted by Crippen LogP contribution is -2.45. The van der Waals surface area contributed by atoms with E-state index in [9.17, 15) is 4.79 Å². The van der Waals surface area contributed by atoms with Crippen LogP contribution in [0.4, 0.5) is 0 Å². The second kappa shape index (κ2) is 7.97. The molecule has 1 N–H and O–H groups in total. The molecule has 2 aliphatic heterocycles. The average Bonchev–Trinajstić information content (AvgIpc) is 3.04. The van der Waals surface area contributed by atoms with Gasteiger partial charge in [-0.25, -0.2) is 0 Å². The number of nitrogens with one attached hydrogen (secondary N) is 1. The van der Waals surface area contributed by atoms with Crippen molar-refractivity contribution in [2.75, 3.05) is 32.8 Å². The number of amides is 1. The number of rotatable bonds is 4. The Bertz CT molecular complexity index is 556. The number of benzene rings is 1. The molecule has 0 saturated carbocycles.